The Bertz CT molecular complexity index is 1700. The van der Waals surface area contributed by atoms with Gasteiger partial charge in [-0.3, -0.25) is 9.69 Å². The summed E-state index contributed by atoms with van der Waals surface area (Å²) in [6, 6.07) is 14.3. The Morgan fingerprint density at radius 1 is 1.09 bits per heavy atom. The zero-order valence-electron chi connectivity index (χ0n) is 26.0. The van der Waals surface area contributed by atoms with E-state index >= 15 is 0 Å². The number of morpholine rings is 1. The van der Waals surface area contributed by atoms with E-state index in [0.717, 1.165) is 98.4 Å². The summed E-state index contributed by atoms with van der Waals surface area (Å²) in [5.41, 5.74) is 2.87. The molecule has 1 aliphatic heterocycles. The number of fused-ring (bicyclic) bond motifs is 1. The van der Waals surface area contributed by atoms with Crippen molar-refractivity contribution < 1.29 is 27.4 Å². The monoisotopic (exact) mass is 633 g/mol. The van der Waals surface area contributed by atoms with E-state index in [2.05, 4.69) is 25.5 Å². The molecule has 2 heterocycles. The number of halogens is 3. The van der Waals surface area contributed by atoms with Crippen LogP contribution in [0.2, 0.25) is 0 Å². The summed E-state index contributed by atoms with van der Waals surface area (Å²) >= 11 is 0. The van der Waals surface area contributed by atoms with Gasteiger partial charge in [-0.25, -0.2) is 9.97 Å². The Kier molecular flexibility index (Phi) is 9.42. The van der Waals surface area contributed by atoms with Crippen LogP contribution in [0.4, 0.5) is 24.8 Å². The lowest BCUT2D eigenvalue weighted by atomic mass is 9.97. The Morgan fingerprint density at radius 3 is 2.65 bits per heavy atom. The maximum absolute atomic E-state index is 13.5. The predicted molar refractivity (Wildman–Crippen MR) is 172 cm³/mol. The van der Waals surface area contributed by atoms with Crippen molar-refractivity contribution in [3.05, 3.63) is 77.5 Å². The number of hydrogen-bond donors (Lipinski definition) is 2. The molecule has 2 fully saturated rings. The van der Waals surface area contributed by atoms with Gasteiger partial charge in [0.1, 0.15) is 5.75 Å². The molecule has 1 saturated heterocycles. The molecule has 2 aliphatic rings. The van der Waals surface area contributed by atoms with Crippen molar-refractivity contribution >= 4 is 28.4 Å². The van der Waals surface area contributed by atoms with Crippen LogP contribution < -0.4 is 15.4 Å². The highest BCUT2D eigenvalue weighted by molar-refractivity contribution is 6.06. The standard InChI is InChI=1S/C35H38F3N5O3/c1-22-4-5-26(33(44)41-31-20-28(35(36,37)38)9-11-32(31)46-23(2)24-6-7-24)19-29(22)25-8-10-30-27(18-25)21-40-34(42-30)39-12-3-13-43-14-16-45-17-15-43/h4-5,8-11,18-21,23-24H,3,6-7,12-17H2,1-2H3,(H,41,44)(H,39,40,42)/t23-/m0/s1. The van der Waals surface area contributed by atoms with E-state index in [0.29, 0.717) is 17.4 Å². The fraction of sp³-hybridized carbons (Fsp3) is 0.400. The van der Waals surface area contributed by atoms with Gasteiger partial charge in [0, 0.05) is 36.8 Å². The van der Waals surface area contributed by atoms with E-state index in [1.807, 2.05) is 38.1 Å². The van der Waals surface area contributed by atoms with Gasteiger partial charge in [-0.15, -0.1) is 0 Å². The minimum Gasteiger partial charge on any atom is -0.488 e. The van der Waals surface area contributed by atoms with Crippen molar-refractivity contribution in [1.82, 2.24) is 14.9 Å². The molecule has 8 nitrogen and oxygen atoms in total. The molecule has 11 heteroatoms. The molecule has 1 saturated carbocycles. The fourth-order valence-electron chi connectivity index (χ4n) is 5.65. The van der Waals surface area contributed by atoms with Crippen LogP contribution in [-0.2, 0) is 10.9 Å². The van der Waals surface area contributed by atoms with E-state index in [9.17, 15) is 18.0 Å². The number of rotatable bonds is 11. The van der Waals surface area contributed by atoms with Gasteiger partial charge in [0.2, 0.25) is 5.95 Å². The number of nitrogens with one attached hydrogen (secondary N) is 2. The molecule has 1 aliphatic carbocycles. The lowest BCUT2D eigenvalue weighted by Crippen LogP contribution is -2.37. The van der Waals surface area contributed by atoms with Gasteiger partial charge in [0.15, 0.2) is 0 Å². The van der Waals surface area contributed by atoms with Crippen molar-refractivity contribution in [3.63, 3.8) is 0 Å². The highest BCUT2D eigenvalue weighted by Crippen LogP contribution is 2.39. The summed E-state index contributed by atoms with van der Waals surface area (Å²) in [7, 11) is 0. The molecule has 46 heavy (non-hydrogen) atoms. The Balaban J connectivity index is 1.16. The molecule has 2 N–H and O–H groups in total. The van der Waals surface area contributed by atoms with Crippen molar-refractivity contribution in [3.8, 4) is 16.9 Å². The second kappa shape index (κ2) is 13.6. The van der Waals surface area contributed by atoms with E-state index in [1.54, 1.807) is 18.3 Å². The predicted octanol–water partition coefficient (Wildman–Crippen LogP) is 7.19. The quantitative estimate of drug-likeness (QED) is 0.169. The molecule has 0 bridgehead atoms. The number of nitrogens with zero attached hydrogens (tertiary/aromatic N) is 3. The van der Waals surface area contributed by atoms with Crippen LogP contribution in [0.3, 0.4) is 0 Å². The second-order valence-corrected chi connectivity index (χ2v) is 12.1. The van der Waals surface area contributed by atoms with E-state index in [-0.39, 0.29) is 17.5 Å². The van der Waals surface area contributed by atoms with Gasteiger partial charge < -0.3 is 20.1 Å². The molecular weight excluding hydrogens is 595 g/mol. The number of ether oxygens (including phenoxy) is 2. The minimum absolute atomic E-state index is 0.0113. The Morgan fingerprint density at radius 2 is 1.89 bits per heavy atom. The number of hydrogen-bond acceptors (Lipinski definition) is 7. The molecular formula is C35H38F3N5O3. The molecule has 0 unspecified atom stereocenters. The maximum Gasteiger partial charge on any atom is 0.416 e. The summed E-state index contributed by atoms with van der Waals surface area (Å²) in [5.74, 6) is 0.624. The lowest BCUT2D eigenvalue weighted by Gasteiger charge is -2.26. The van der Waals surface area contributed by atoms with Crippen LogP contribution in [0, 0.1) is 12.8 Å². The smallest absolute Gasteiger partial charge is 0.416 e. The lowest BCUT2D eigenvalue weighted by molar-refractivity contribution is -0.137. The van der Waals surface area contributed by atoms with Crippen LogP contribution in [0.15, 0.2) is 60.8 Å². The van der Waals surface area contributed by atoms with Gasteiger partial charge in [-0.05, 0) is 105 Å². The third-order valence-corrected chi connectivity index (χ3v) is 8.58. The van der Waals surface area contributed by atoms with E-state index < -0.39 is 17.6 Å². The Labute approximate surface area is 266 Å². The second-order valence-electron chi connectivity index (χ2n) is 12.1. The maximum atomic E-state index is 13.5. The summed E-state index contributed by atoms with van der Waals surface area (Å²) in [4.78, 5) is 25.0. The highest BCUT2D eigenvalue weighted by Gasteiger charge is 2.33. The first-order valence-electron chi connectivity index (χ1n) is 15.7. The first-order chi connectivity index (χ1) is 22.1. The van der Waals surface area contributed by atoms with Crippen molar-refractivity contribution in [1.29, 1.82) is 0 Å². The number of aromatic nitrogens is 2. The molecule has 4 aromatic rings. The largest absolute Gasteiger partial charge is 0.488 e. The van der Waals surface area contributed by atoms with Gasteiger partial charge in [-0.2, -0.15) is 13.2 Å². The zero-order valence-corrected chi connectivity index (χ0v) is 26.0. The molecule has 1 aromatic heterocycles. The molecule has 0 spiro atoms. The van der Waals surface area contributed by atoms with Crippen molar-refractivity contribution in [2.45, 2.75) is 45.4 Å². The first kappa shape index (κ1) is 31.7. The molecule has 0 radical (unpaired) electrons. The number of carbonyl (C=O) groups excluding carboxylic acids is 1. The first-order valence-corrected chi connectivity index (χ1v) is 15.7. The summed E-state index contributed by atoms with van der Waals surface area (Å²) in [6.45, 7) is 9.11. The molecule has 242 valence electrons. The zero-order chi connectivity index (χ0) is 32.3. The molecule has 3 aromatic carbocycles. The summed E-state index contributed by atoms with van der Waals surface area (Å²) in [5, 5.41) is 6.84. The number of anilines is 2. The van der Waals surface area contributed by atoms with Gasteiger partial charge in [-0.1, -0.05) is 12.1 Å². The van der Waals surface area contributed by atoms with E-state index in [1.165, 1.54) is 6.07 Å². The minimum atomic E-state index is -4.56. The topological polar surface area (TPSA) is 88.6 Å². The van der Waals surface area contributed by atoms with Crippen LogP contribution in [0.25, 0.3) is 22.0 Å². The van der Waals surface area contributed by atoms with Gasteiger partial charge in [0.25, 0.3) is 5.91 Å². The average Bonchev–Trinajstić information content (AvgIpc) is 3.90. The molecule has 6 rings (SSSR count). The Hall–Kier alpha value is -4.22. The van der Waals surface area contributed by atoms with Gasteiger partial charge >= 0.3 is 6.18 Å². The van der Waals surface area contributed by atoms with Crippen LogP contribution >= 0.6 is 0 Å². The third-order valence-electron chi connectivity index (χ3n) is 8.58. The number of alkyl halides is 3. The van der Waals surface area contributed by atoms with Crippen LogP contribution in [-0.4, -0.2) is 66.3 Å². The number of benzene rings is 3. The fourth-order valence-corrected chi connectivity index (χ4v) is 5.65. The third kappa shape index (κ3) is 7.76. The van der Waals surface area contributed by atoms with Crippen LogP contribution in [0.1, 0.15) is 47.7 Å². The number of aryl methyl sites for hydroxylation is 1. The van der Waals surface area contributed by atoms with Crippen molar-refractivity contribution in [2.24, 2.45) is 5.92 Å². The highest BCUT2D eigenvalue weighted by atomic mass is 19.4. The van der Waals surface area contributed by atoms with Crippen molar-refractivity contribution in [2.75, 3.05) is 50.0 Å². The molecule has 1 atom stereocenters. The summed E-state index contributed by atoms with van der Waals surface area (Å²) < 4.78 is 52.0. The normalized spacial score (nSPS) is 16.3. The number of carbonyl (C=O) groups is 1. The van der Waals surface area contributed by atoms with Gasteiger partial charge in [0.05, 0.1) is 36.1 Å². The SMILES string of the molecule is Cc1ccc(C(=O)Nc2cc(C(F)(F)F)ccc2O[C@@H](C)C2CC2)cc1-c1ccc2nc(NCCCN3CCOCC3)ncc2c1. The number of amides is 1. The molecule has 1 amide bonds. The van der Waals surface area contributed by atoms with E-state index in [4.69, 9.17) is 9.47 Å². The summed E-state index contributed by atoms with van der Waals surface area (Å²) in [6.07, 6.45) is 0.0683. The van der Waals surface area contributed by atoms with Crippen LogP contribution in [0.5, 0.6) is 5.75 Å². The average molecular weight is 634 g/mol.